The number of nitrogens with one attached hydrogen (secondary N) is 3. The molecule has 16 nitrogen and oxygen atoms in total. The van der Waals surface area contributed by atoms with Crippen LogP contribution in [0.4, 0.5) is 4.39 Å². The molecule has 0 fully saturated rings. The highest BCUT2D eigenvalue weighted by atomic mass is 19.1. The number of rotatable bonds is 26. The smallest absolute Gasteiger partial charge is 0.363 e. The monoisotopic (exact) mass is 850 g/mol. The molecule has 18 heteroatoms. The molecule has 1 heterocycles. The van der Waals surface area contributed by atoms with Crippen LogP contribution in [0.5, 0.6) is 5.75 Å². The molecular formula is C43H56BFN4O12. The number of furan rings is 1. The summed E-state index contributed by atoms with van der Waals surface area (Å²) in [6, 6.07) is 8.88. The molecule has 1 aromatic heterocycles. The molecule has 0 aliphatic carbocycles. The summed E-state index contributed by atoms with van der Waals surface area (Å²) >= 11 is 0. The number of hydrogen-bond donors (Lipinski definition) is 3. The van der Waals surface area contributed by atoms with Crippen molar-refractivity contribution in [1.29, 1.82) is 0 Å². The molecule has 0 aliphatic heterocycles. The molecule has 3 rings (SSSR count). The van der Waals surface area contributed by atoms with Crippen LogP contribution in [0.3, 0.4) is 0 Å². The number of amides is 4. The number of hydroxylamine groups is 2. The SMILES string of the molecule is CBOC(=O)[C@H](CC(=O)OCCCC)NC(=O)c1ccc(-c2ccc(C(=O)NCNC(=O)[C@H](CCCCC)[C@@H](CC)N(C=O)OC(=O)c3ccc(F)cc3C)o2)cc1OCC. The van der Waals surface area contributed by atoms with Gasteiger partial charge in [-0.3, -0.25) is 28.8 Å². The predicted molar refractivity (Wildman–Crippen MR) is 223 cm³/mol. The third-order valence-corrected chi connectivity index (χ3v) is 9.53. The Kier molecular flexibility index (Phi) is 20.5. The van der Waals surface area contributed by atoms with E-state index in [2.05, 4.69) is 16.0 Å². The lowest BCUT2D eigenvalue weighted by Crippen LogP contribution is -2.49. The van der Waals surface area contributed by atoms with E-state index < -0.39 is 65.9 Å². The van der Waals surface area contributed by atoms with E-state index in [1.807, 2.05) is 13.8 Å². The van der Waals surface area contributed by atoms with Crippen LogP contribution < -0.4 is 20.7 Å². The highest BCUT2D eigenvalue weighted by molar-refractivity contribution is 6.28. The Morgan fingerprint density at radius 3 is 2.30 bits per heavy atom. The van der Waals surface area contributed by atoms with Gasteiger partial charge < -0.3 is 39.3 Å². The molecule has 0 bridgehead atoms. The fourth-order valence-electron chi connectivity index (χ4n) is 6.33. The van der Waals surface area contributed by atoms with Crippen molar-refractivity contribution in [1.82, 2.24) is 21.0 Å². The van der Waals surface area contributed by atoms with Gasteiger partial charge in [0.2, 0.25) is 12.3 Å². The van der Waals surface area contributed by atoms with Crippen molar-refractivity contribution >= 4 is 49.5 Å². The number of unbranched alkanes of at least 4 members (excludes halogenated alkanes) is 3. The zero-order valence-corrected chi connectivity index (χ0v) is 35.6. The van der Waals surface area contributed by atoms with E-state index in [1.54, 1.807) is 26.7 Å². The topological polar surface area (TPSA) is 209 Å². The van der Waals surface area contributed by atoms with Crippen LogP contribution in [0.2, 0.25) is 6.82 Å². The Labute approximate surface area is 355 Å². The molecule has 61 heavy (non-hydrogen) atoms. The molecule has 0 unspecified atom stereocenters. The molecule has 0 aliphatic rings. The summed E-state index contributed by atoms with van der Waals surface area (Å²) in [6.07, 6.45) is 4.29. The Bertz CT molecular complexity index is 1970. The summed E-state index contributed by atoms with van der Waals surface area (Å²) < 4.78 is 35.4. The van der Waals surface area contributed by atoms with E-state index in [-0.39, 0.29) is 62.2 Å². The van der Waals surface area contributed by atoms with Crippen LogP contribution >= 0.6 is 0 Å². The standard InChI is InChI=1S/C43H56BFN4O12/c1-7-11-13-14-31(34(9-3)49(26-50)61-42(55)30-18-16-29(45)22-27(30)5)39(52)46-25-47-41(54)36-20-19-35(59-36)28-15-17-32(37(23-28)57-10-4)40(53)48-33(43(56)60-44-6)24-38(51)58-21-12-8-2/h15-20,22-23,26,31,33-34,44H,7-14,21,24-25H2,1-6H3,(H,46,52)(H,47,54)(H,48,53)/t31-,33+,34-/m1/s1. The third-order valence-electron chi connectivity index (χ3n) is 9.53. The predicted octanol–water partition coefficient (Wildman–Crippen LogP) is 5.58. The lowest BCUT2D eigenvalue weighted by molar-refractivity contribution is -0.171. The summed E-state index contributed by atoms with van der Waals surface area (Å²) in [7, 11) is 0.0365. The highest BCUT2D eigenvalue weighted by Crippen LogP contribution is 2.30. The van der Waals surface area contributed by atoms with Crippen LogP contribution in [0, 0.1) is 18.7 Å². The molecule has 0 saturated carbocycles. The number of ether oxygens (including phenoxy) is 2. The zero-order chi connectivity index (χ0) is 44.9. The quantitative estimate of drug-likeness (QED) is 0.0226. The molecule has 3 aromatic rings. The molecule has 3 N–H and O–H groups in total. The van der Waals surface area contributed by atoms with Crippen LogP contribution in [0.15, 0.2) is 52.9 Å². The fraction of sp³-hybridized carbons (Fsp3) is 0.465. The van der Waals surface area contributed by atoms with E-state index in [9.17, 15) is 38.0 Å². The second-order valence-electron chi connectivity index (χ2n) is 14.0. The second-order valence-corrected chi connectivity index (χ2v) is 14.0. The number of benzene rings is 2. The van der Waals surface area contributed by atoms with Gasteiger partial charge in [-0.2, -0.15) is 5.06 Å². The van der Waals surface area contributed by atoms with Crippen molar-refractivity contribution in [3.8, 4) is 17.1 Å². The zero-order valence-electron chi connectivity index (χ0n) is 35.6. The number of aryl methyl sites for hydroxylation is 1. The number of carbonyl (C=O) groups excluding carboxylic acids is 7. The normalized spacial score (nSPS) is 12.2. The van der Waals surface area contributed by atoms with Crippen molar-refractivity contribution in [3.05, 3.63) is 76.8 Å². The Morgan fingerprint density at radius 1 is 0.902 bits per heavy atom. The van der Waals surface area contributed by atoms with Gasteiger partial charge in [0.05, 0.1) is 49.4 Å². The summed E-state index contributed by atoms with van der Waals surface area (Å²) in [6.45, 7) is 10.6. The average molecular weight is 851 g/mol. The summed E-state index contributed by atoms with van der Waals surface area (Å²) in [5.74, 6) is -5.22. The largest absolute Gasteiger partial charge is 0.539 e. The van der Waals surface area contributed by atoms with Gasteiger partial charge in [-0.05, 0) is 81.1 Å². The summed E-state index contributed by atoms with van der Waals surface area (Å²) in [4.78, 5) is 95.8. The number of nitrogens with zero attached hydrogens (tertiary/aromatic N) is 1. The molecule has 0 spiro atoms. The van der Waals surface area contributed by atoms with Crippen molar-refractivity contribution in [2.75, 3.05) is 19.9 Å². The van der Waals surface area contributed by atoms with Crippen LogP contribution in [-0.2, 0) is 33.4 Å². The van der Waals surface area contributed by atoms with Gasteiger partial charge in [0, 0.05) is 5.56 Å². The van der Waals surface area contributed by atoms with Gasteiger partial charge in [0.25, 0.3) is 11.8 Å². The Balaban J connectivity index is 1.70. The van der Waals surface area contributed by atoms with Gasteiger partial charge in [0.1, 0.15) is 23.4 Å². The highest BCUT2D eigenvalue weighted by Gasteiger charge is 2.34. The van der Waals surface area contributed by atoms with Crippen LogP contribution in [-0.4, -0.2) is 86.6 Å². The molecule has 330 valence electrons. The molecule has 0 saturated heterocycles. The number of halogens is 1. The first kappa shape index (κ1) is 49.2. The van der Waals surface area contributed by atoms with Gasteiger partial charge in [-0.15, -0.1) is 0 Å². The first-order valence-corrected chi connectivity index (χ1v) is 20.6. The molecule has 4 amide bonds. The van der Waals surface area contributed by atoms with Crippen molar-refractivity contribution in [2.24, 2.45) is 5.92 Å². The maximum absolute atomic E-state index is 13.6. The van der Waals surface area contributed by atoms with E-state index in [0.717, 1.165) is 30.4 Å². The van der Waals surface area contributed by atoms with Gasteiger partial charge in [-0.1, -0.05) is 59.3 Å². The van der Waals surface area contributed by atoms with Gasteiger partial charge >= 0.3 is 25.4 Å². The van der Waals surface area contributed by atoms with E-state index in [4.69, 9.17) is 23.4 Å². The first-order valence-electron chi connectivity index (χ1n) is 20.6. The maximum Gasteiger partial charge on any atom is 0.363 e. The van der Waals surface area contributed by atoms with Crippen molar-refractivity contribution in [2.45, 2.75) is 105 Å². The Morgan fingerprint density at radius 2 is 1.64 bits per heavy atom. The number of carbonyl (C=O) groups is 7. The maximum atomic E-state index is 13.6. The number of hydrogen-bond acceptors (Lipinski definition) is 12. The van der Waals surface area contributed by atoms with Gasteiger partial charge in [-0.25, -0.2) is 9.18 Å². The summed E-state index contributed by atoms with van der Waals surface area (Å²) in [5, 5.41) is 8.64. The minimum absolute atomic E-state index is 0.0365. The molecular weight excluding hydrogens is 794 g/mol. The molecule has 3 atom stereocenters. The average Bonchev–Trinajstić information content (AvgIpc) is 3.73. The Hall–Kier alpha value is -6.20. The van der Waals surface area contributed by atoms with Crippen LogP contribution in [0.1, 0.15) is 116 Å². The van der Waals surface area contributed by atoms with Crippen LogP contribution in [0.25, 0.3) is 11.3 Å². The van der Waals surface area contributed by atoms with Crippen molar-refractivity contribution < 1.29 is 61.3 Å². The van der Waals surface area contributed by atoms with Crippen molar-refractivity contribution in [3.63, 3.8) is 0 Å². The minimum Gasteiger partial charge on any atom is -0.539 e. The lowest BCUT2D eigenvalue weighted by atomic mass is 9.90. The molecule has 0 radical (unpaired) electrons. The second kappa shape index (κ2) is 25.4. The third kappa shape index (κ3) is 14.8. The summed E-state index contributed by atoms with van der Waals surface area (Å²) in [5.41, 5.74) is 0.893. The fourth-order valence-corrected chi connectivity index (χ4v) is 6.33. The van der Waals surface area contributed by atoms with E-state index in [1.165, 1.54) is 43.3 Å². The van der Waals surface area contributed by atoms with Gasteiger partial charge in [0.15, 0.2) is 5.76 Å². The first-order chi connectivity index (χ1) is 29.3. The van der Waals surface area contributed by atoms with E-state index >= 15 is 0 Å². The van der Waals surface area contributed by atoms with E-state index in [0.29, 0.717) is 36.8 Å². The number of esters is 1. The molecule has 2 aromatic carbocycles. The lowest BCUT2D eigenvalue weighted by Gasteiger charge is -2.32. The minimum atomic E-state index is -1.30.